The zero-order chi connectivity index (χ0) is 12.7. The van der Waals surface area contributed by atoms with Gasteiger partial charge in [0.2, 0.25) is 5.91 Å². The van der Waals surface area contributed by atoms with Gasteiger partial charge in [0.15, 0.2) is 6.10 Å². The molecule has 1 N–H and O–H groups in total. The van der Waals surface area contributed by atoms with Crippen LogP contribution in [0.4, 0.5) is 0 Å². The average molecular weight is 243 g/mol. The molecule has 0 aromatic heterocycles. The van der Waals surface area contributed by atoms with Crippen LogP contribution in [0.25, 0.3) is 0 Å². The van der Waals surface area contributed by atoms with Gasteiger partial charge in [-0.05, 0) is 6.42 Å². The van der Waals surface area contributed by atoms with E-state index in [-0.39, 0.29) is 12.5 Å². The van der Waals surface area contributed by atoms with Crippen LogP contribution >= 0.6 is 0 Å². The number of morpholine rings is 1. The fourth-order valence-corrected chi connectivity index (χ4v) is 1.89. The van der Waals surface area contributed by atoms with E-state index in [1.807, 2.05) is 0 Å². The largest absolute Gasteiger partial charge is 0.479 e. The van der Waals surface area contributed by atoms with Crippen molar-refractivity contribution in [2.24, 2.45) is 0 Å². The number of carboxylic acids is 1. The first-order valence-electron chi connectivity index (χ1n) is 6.27. The lowest BCUT2D eigenvalue weighted by Crippen LogP contribution is -2.48. The lowest BCUT2D eigenvalue weighted by atomic mass is 10.1. The molecule has 5 nitrogen and oxygen atoms in total. The number of carboxylic acid groups (broad SMARTS) is 1. The minimum absolute atomic E-state index is 0.0515. The highest BCUT2D eigenvalue weighted by molar-refractivity contribution is 5.78. The first-order valence-corrected chi connectivity index (χ1v) is 6.27. The van der Waals surface area contributed by atoms with Gasteiger partial charge in [-0.1, -0.05) is 26.2 Å². The van der Waals surface area contributed by atoms with Crippen molar-refractivity contribution in [2.75, 3.05) is 19.7 Å². The van der Waals surface area contributed by atoms with Crippen molar-refractivity contribution in [3.05, 3.63) is 0 Å². The topological polar surface area (TPSA) is 66.8 Å². The minimum atomic E-state index is -0.992. The molecule has 0 aromatic carbocycles. The molecule has 98 valence electrons. The molecule has 0 spiro atoms. The maximum atomic E-state index is 11.8. The van der Waals surface area contributed by atoms with Gasteiger partial charge in [0.05, 0.1) is 13.2 Å². The van der Waals surface area contributed by atoms with Crippen LogP contribution in [0.15, 0.2) is 0 Å². The second-order valence-electron chi connectivity index (χ2n) is 4.35. The molecule has 1 atom stereocenters. The molecule has 1 amide bonds. The number of hydrogen-bond donors (Lipinski definition) is 1. The zero-order valence-electron chi connectivity index (χ0n) is 10.4. The van der Waals surface area contributed by atoms with Crippen molar-refractivity contribution in [3.8, 4) is 0 Å². The molecule has 17 heavy (non-hydrogen) atoms. The third kappa shape index (κ3) is 4.73. The van der Waals surface area contributed by atoms with Crippen LogP contribution in [0.5, 0.6) is 0 Å². The minimum Gasteiger partial charge on any atom is -0.479 e. The normalized spacial score (nSPS) is 20.3. The Morgan fingerprint density at radius 2 is 2.12 bits per heavy atom. The van der Waals surface area contributed by atoms with Crippen LogP contribution < -0.4 is 0 Å². The predicted molar refractivity (Wildman–Crippen MR) is 62.7 cm³/mol. The number of rotatable bonds is 6. The van der Waals surface area contributed by atoms with E-state index < -0.39 is 12.1 Å². The van der Waals surface area contributed by atoms with Gasteiger partial charge in [0.25, 0.3) is 0 Å². The first-order chi connectivity index (χ1) is 8.15. The highest BCUT2D eigenvalue weighted by atomic mass is 16.5. The summed E-state index contributed by atoms with van der Waals surface area (Å²) in [6, 6.07) is 0. The molecule has 5 heteroatoms. The van der Waals surface area contributed by atoms with Crippen molar-refractivity contribution < 1.29 is 19.4 Å². The molecule has 1 saturated heterocycles. The molecular formula is C12H21NO4. The average Bonchev–Trinajstić information content (AvgIpc) is 2.34. The van der Waals surface area contributed by atoms with Crippen LogP contribution in [0, 0.1) is 0 Å². The smallest absolute Gasteiger partial charge is 0.334 e. The van der Waals surface area contributed by atoms with Gasteiger partial charge in [-0.2, -0.15) is 0 Å². The Balaban J connectivity index is 2.28. The number of ether oxygens (including phenoxy) is 1. The maximum absolute atomic E-state index is 11.8. The molecule has 0 aromatic rings. The Labute approximate surface area is 102 Å². The fourth-order valence-electron chi connectivity index (χ4n) is 1.89. The Morgan fingerprint density at radius 3 is 2.76 bits per heavy atom. The second kappa shape index (κ2) is 7.27. The number of aliphatic carboxylic acids is 1. The first kappa shape index (κ1) is 14.0. The van der Waals surface area contributed by atoms with Crippen molar-refractivity contribution in [1.29, 1.82) is 0 Å². The second-order valence-corrected chi connectivity index (χ2v) is 4.35. The summed E-state index contributed by atoms with van der Waals surface area (Å²) >= 11 is 0. The number of amides is 1. The van der Waals surface area contributed by atoms with E-state index in [1.165, 1.54) is 0 Å². The van der Waals surface area contributed by atoms with E-state index in [9.17, 15) is 9.59 Å². The number of carbonyl (C=O) groups is 2. The fraction of sp³-hybridized carbons (Fsp3) is 0.833. The van der Waals surface area contributed by atoms with Crippen molar-refractivity contribution in [1.82, 2.24) is 4.90 Å². The third-order valence-corrected chi connectivity index (χ3v) is 2.94. The molecule has 1 heterocycles. The van der Waals surface area contributed by atoms with E-state index in [0.717, 1.165) is 25.7 Å². The van der Waals surface area contributed by atoms with Gasteiger partial charge in [-0.25, -0.2) is 4.79 Å². The van der Waals surface area contributed by atoms with Crippen LogP contribution in [0.1, 0.15) is 39.0 Å². The molecule has 0 radical (unpaired) electrons. The SMILES string of the molecule is CCCCCCC(=O)N1CCOC(C(=O)O)C1. The van der Waals surface area contributed by atoms with E-state index in [0.29, 0.717) is 19.6 Å². The molecule has 1 rings (SSSR count). The van der Waals surface area contributed by atoms with E-state index >= 15 is 0 Å². The van der Waals surface area contributed by atoms with E-state index in [1.54, 1.807) is 4.90 Å². The molecular weight excluding hydrogens is 222 g/mol. The van der Waals surface area contributed by atoms with Gasteiger partial charge < -0.3 is 14.7 Å². The van der Waals surface area contributed by atoms with Crippen LogP contribution in [0.2, 0.25) is 0 Å². The Bertz CT molecular complexity index is 267. The molecule has 0 bridgehead atoms. The van der Waals surface area contributed by atoms with Gasteiger partial charge >= 0.3 is 5.97 Å². The number of unbranched alkanes of at least 4 members (excludes halogenated alkanes) is 3. The predicted octanol–water partition coefficient (Wildman–Crippen LogP) is 1.27. The summed E-state index contributed by atoms with van der Waals surface area (Å²) in [4.78, 5) is 24.2. The van der Waals surface area contributed by atoms with Gasteiger partial charge in [-0.15, -0.1) is 0 Å². The third-order valence-electron chi connectivity index (χ3n) is 2.94. The molecule has 1 unspecified atom stereocenters. The standard InChI is InChI=1S/C12H21NO4/c1-2-3-4-5-6-11(14)13-7-8-17-10(9-13)12(15)16/h10H,2-9H2,1H3,(H,15,16). The molecule has 1 aliphatic rings. The Morgan fingerprint density at radius 1 is 1.35 bits per heavy atom. The highest BCUT2D eigenvalue weighted by Gasteiger charge is 2.28. The summed E-state index contributed by atoms with van der Waals surface area (Å²) in [6.45, 7) is 3.14. The number of hydrogen-bond acceptors (Lipinski definition) is 3. The van der Waals surface area contributed by atoms with Crippen molar-refractivity contribution >= 4 is 11.9 Å². The van der Waals surface area contributed by atoms with E-state index in [2.05, 4.69) is 6.92 Å². The molecule has 0 aliphatic carbocycles. The highest BCUT2D eigenvalue weighted by Crippen LogP contribution is 2.10. The summed E-state index contributed by atoms with van der Waals surface area (Å²) in [6.07, 6.45) is 3.91. The summed E-state index contributed by atoms with van der Waals surface area (Å²) in [5, 5.41) is 8.82. The lowest BCUT2D eigenvalue weighted by Gasteiger charge is -2.30. The molecule has 1 aliphatic heterocycles. The zero-order valence-corrected chi connectivity index (χ0v) is 10.4. The van der Waals surface area contributed by atoms with Crippen LogP contribution in [-0.4, -0.2) is 47.7 Å². The Hall–Kier alpha value is -1.10. The molecule has 1 fully saturated rings. The van der Waals surface area contributed by atoms with Crippen molar-refractivity contribution in [2.45, 2.75) is 45.1 Å². The van der Waals surface area contributed by atoms with E-state index in [4.69, 9.17) is 9.84 Å². The summed E-state index contributed by atoms with van der Waals surface area (Å²) < 4.78 is 5.07. The van der Waals surface area contributed by atoms with Gasteiger partial charge in [0.1, 0.15) is 0 Å². The van der Waals surface area contributed by atoms with Gasteiger partial charge in [-0.3, -0.25) is 4.79 Å². The van der Waals surface area contributed by atoms with Gasteiger partial charge in [0, 0.05) is 13.0 Å². The number of nitrogens with zero attached hydrogens (tertiary/aromatic N) is 1. The summed E-state index contributed by atoms with van der Waals surface area (Å²) in [7, 11) is 0. The summed E-state index contributed by atoms with van der Waals surface area (Å²) in [5.74, 6) is -0.941. The number of carbonyl (C=O) groups excluding carboxylic acids is 1. The maximum Gasteiger partial charge on any atom is 0.334 e. The quantitative estimate of drug-likeness (QED) is 0.713. The monoisotopic (exact) mass is 243 g/mol. The van der Waals surface area contributed by atoms with Crippen LogP contribution in [-0.2, 0) is 14.3 Å². The molecule has 0 saturated carbocycles. The lowest BCUT2D eigenvalue weighted by molar-refractivity contribution is -0.159. The van der Waals surface area contributed by atoms with Crippen molar-refractivity contribution in [3.63, 3.8) is 0 Å². The summed E-state index contributed by atoms with van der Waals surface area (Å²) in [5.41, 5.74) is 0. The van der Waals surface area contributed by atoms with Crippen LogP contribution in [0.3, 0.4) is 0 Å². The Kier molecular flexibility index (Phi) is 5.97.